The number of benzene rings is 3. The summed E-state index contributed by atoms with van der Waals surface area (Å²) in [5.74, 6) is -0.475. The lowest BCUT2D eigenvalue weighted by molar-refractivity contribution is -0.119. The predicted octanol–water partition coefficient (Wildman–Crippen LogP) is 5.28. The average Bonchev–Trinajstić information content (AvgIpc) is 3.38. The molecule has 5 rings (SSSR count). The molecule has 0 aliphatic heterocycles. The zero-order valence-corrected chi connectivity index (χ0v) is 19.5. The van der Waals surface area contributed by atoms with Crippen molar-refractivity contribution in [1.29, 1.82) is 0 Å². The number of thiazole rings is 1. The van der Waals surface area contributed by atoms with Gasteiger partial charge in [0, 0.05) is 23.9 Å². The quantitative estimate of drug-likeness (QED) is 0.315. The van der Waals surface area contributed by atoms with Crippen molar-refractivity contribution < 1.29 is 9.18 Å². The zero-order chi connectivity index (χ0) is 24.2. The topological polar surface area (TPSA) is 68.1 Å². The molecule has 35 heavy (non-hydrogen) atoms. The van der Waals surface area contributed by atoms with Gasteiger partial charge in [0.05, 0.1) is 29.5 Å². The molecule has 1 amide bonds. The van der Waals surface area contributed by atoms with Crippen LogP contribution in [0.4, 0.5) is 9.52 Å². The molecule has 0 spiro atoms. The highest BCUT2D eigenvalue weighted by molar-refractivity contribution is 7.14. The summed E-state index contributed by atoms with van der Waals surface area (Å²) in [6.45, 7) is 0.553. The zero-order valence-electron chi connectivity index (χ0n) is 18.7. The molecule has 174 valence electrons. The van der Waals surface area contributed by atoms with Gasteiger partial charge < -0.3 is 0 Å². The van der Waals surface area contributed by atoms with E-state index in [1.165, 1.54) is 34.4 Å². The summed E-state index contributed by atoms with van der Waals surface area (Å²) in [6.07, 6.45) is 1.59. The second-order valence-corrected chi connectivity index (χ2v) is 8.83. The fourth-order valence-electron chi connectivity index (χ4n) is 3.79. The van der Waals surface area contributed by atoms with Crippen LogP contribution in [0.1, 0.15) is 12.0 Å². The number of hydrogen-bond acceptors (Lipinski definition) is 5. The van der Waals surface area contributed by atoms with Crippen molar-refractivity contribution in [3.63, 3.8) is 0 Å². The molecule has 0 saturated heterocycles. The molecule has 0 radical (unpaired) electrons. The molecule has 0 atom stereocenters. The van der Waals surface area contributed by atoms with Gasteiger partial charge in [0.25, 0.3) is 5.56 Å². The van der Waals surface area contributed by atoms with E-state index in [1.807, 2.05) is 41.8 Å². The van der Waals surface area contributed by atoms with Gasteiger partial charge in [-0.1, -0.05) is 42.5 Å². The maximum absolute atomic E-state index is 13.4. The Hall–Kier alpha value is -4.17. The number of anilines is 1. The Kier molecular flexibility index (Phi) is 6.45. The van der Waals surface area contributed by atoms with Crippen LogP contribution < -0.4 is 10.5 Å². The minimum absolute atomic E-state index is 0.109. The Balaban J connectivity index is 1.40. The smallest absolute Gasteiger partial charge is 0.261 e. The lowest BCUT2D eigenvalue weighted by Crippen LogP contribution is -2.32. The van der Waals surface area contributed by atoms with E-state index in [0.29, 0.717) is 28.3 Å². The van der Waals surface area contributed by atoms with E-state index in [-0.39, 0.29) is 30.2 Å². The van der Waals surface area contributed by atoms with Crippen LogP contribution in [0.2, 0.25) is 0 Å². The van der Waals surface area contributed by atoms with Crippen LogP contribution in [0.3, 0.4) is 0 Å². The number of carbonyl (C=O) groups excluding carboxylic acids is 1. The largest absolute Gasteiger partial charge is 0.298 e. The SMILES string of the molecule is O=C(CCn1cnc2ccccc2c1=O)N(Cc1ccccc1)c1nc(-c2ccc(F)cc2)cs1. The summed E-state index contributed by atoms with van der Waals surface area (Å²) in [5, 5.41) is 2.92. The van der Waals surface area contributed by atoms with E-state index in [2.05, 4.69) is 9.97 Å². The summed E-state index contributed by atoms with van der Waals surface area (Å²) in [5.41, 5.74) is 2.86. The van der Waals surface area contributed by atoms with Gasteiger partial charge in [-0.2, -0.15) is 0 Å². The van der Waals surface area contributed by atoms with Crippen LogP contribution in [0.15, 0.2) is 95.4 Å². The first-order valence-corrected chi connectivity index (χ1v) is 12.0. The lowest BCUT2D eigenvalue weighted by Gasteiger charge is -2.20. The summed E-state index contributed by atoms with van der Waals surface area (Å²) in [6, 6.07) is 22.9. The molecule has 0 aliphatic carbocycles. The molecule has 0 bridgehead atoms. The number of para-hydroxylation sites is 1. The molecular formula is C27H21FN4O2S. The molecule has 0 fully saturated rings. The van der Waals surface area contributed by atoms with E-state index in [4.69, 9.17) is 0 Å². The van der Waals surface area contributed by atoms with E-state index in [0.717, 1.165) is 11.1 Å². The lowest BCUT2D eigenvalue weighted by atomic mass is 10.2. The number of hydrogen-bond donors (Lipinski definition) is 0. The van der Waals surface area contributed by atoms with Gasteiger partial charge in [0.15, 0.2) is 5.13 Å². The highest BCUT2D eigenvalue weighted by atomic mass is 32.1. The van der Waals surface area contributed by atoms with Crippen LogP contribution >= 0.6 is 11.3 Å². The number of rotatable bonds is 7. The van der Waals surface area contributed by atoms with Crippen molar-refractivity contribution in [2.45, 2.75) is 19.5 Å². The van der Waals surface area contributed by atoms with Gasteiger partial charge in [-0.3, -0.25) is 19.1 Å². The molecule has 0 aliphatic rings. The summed E-state index contributed by atoms with van der Waals surface area (Å²) < 4.78 is 14.8. The van der Waals surface area contributed by atoms with Crippen molar-refractivity contribution in [2.24, 2.45) is 0 Å². The normalized spacial score (nSPS) is 11.0. The number of amides is 1. The third kappa shape index (κ3) is 5.02. The van der Waals surface area contributed by atoms with Gasteiger partial charge >= 0.3 is 0 Å². The Labute approximate surface area is 205 Å². The van der Waals surface area contributed by atoms with Crippen molar-refractivity contribution in [1.82, 2.24) is 14.5 Å². The first kappa shape index (κ1) is 22.6. The molecule has 6 nitrogen and oxygen atoms in total. The molecule has 3 aromatic carbocycles. The van der Waals surface area contributed by atoms with Gasteiger partial charge in [-0.25, -0.2) is 14.4 Å². The number of halogens is 1. The Morgan fingerprint density at radius 2 is 1.71 bits per heavy atom. The highest BCUT2D eigenvalue weighted by Gasteiger charge is 2.20. The first-order valence-electron chi connectivity index (χ1n) is 11.1. The standard InChI is InChI=1S/C27H21FN4O2S/c28-21-12-10-20(11-13-21)24-17-35-27(30-24)32(16-19-6-2-1-3-7-19)25(33)14-15-31-18-29-23-9-5-4-8-22(23)26(31)34/h1-13,17-18H,14-16H2. The van der Waals surface area contributed by atoms with Crippen LogP contribution in [0.25, 0.3) is 22.2 Å². The number of carbonyl (C=O) groups is 1. The fourth-order valence-corrected chi connectivity index (χ4v) is 4.64. The predicted molar refractivity (Wildman–Crippen MR) is 136 cm³/mol. The third-order valence-corrected chi connectivity index (χ3v) is 6.51. The van der Waals surface area contributed by atoms with E-state index < -0.39 is 0 Å². The van der Waals surface area contributed by atoms with Crippen LogP contribution in [0.5, 0.6) is 0 Å². The molecule has 2 heterocycles. The first-order chi connectivity index (χ1) is 17.1. The number of nitrogens with zero attached hydrogens (tertiary/aromatic N) is 4. The van der Waals surface area contributed by atoms with Crippen LogP contribution in [-0.4, -0.2) is 20.4 Å². The van der Waals surface area contributed by atoms with E-state index >= 15 is 0 Å². The molecule has 0 unspecified atom stereocenters. The fraction of sp³-hybridized carbons (Fsp3) is 0.111. The van der Waals surface area contributed by atoms with Gasteiger partial charge in [0.1, 0.15) is 5.82 Å². The molecule has 0 saturated carbocycles. The van der Waals surface area contributed by atoms with Crippen molar-refractivity contribution >= 4 is 33.3 Å². The van der Waals surface area contributed by atoms with Crippen molar-refractivity contribution in [3.05, 3.63) is 112 Å². The monoisotopic (exact) mass is 484 g/mol. The number of fused-ring (bicyclic) bond motifs is 1. The summed E-state index contributed by atoms with van der Waals surface area (Å²) >= 11 is 1.35. The molecule has 8 heteroatoms. The van der Waals surface area contributed by atoms with E-state index in [9.17, 15) is 14.0 Å². The Morgan fingerprint density at radius 1 is 0.971 bits per heavy atom. The Morgan fingerprint density at radius 3 is 2.51 bits per heavy atom. The van der Waals surface area contributed by atoms with Gasteiger partial charge in [0.2, 0.25) is 5.91 Å². The second-order valence-electron chi connectivity index (χ2n) is 8.00. The highest BCUT2D eigenvalue weighted by Crippen LogP contribution is 2.29. The van der Waals surface area contributed by atoms with Gasteiger partial charge in [-0.15, -0.1) is 11.3 Å². The maximum Gasteiger partial charge on any atom is 0.261 e. The second kappa shape index (κ2) is 9.99. The minimum Gasteiger partial charge on any atom is -0.298 e. The molecule has 2 aromatic heterocycles. The molecule has 5 aromatic rings. The van der Waals surface area contributed by atoms with Crippen molar-refractivity contribution in [2.75, 3.05) is 4.90 Å². The van der Waals surface area contributed by atoms with Crippen molar-refractivity contribution in [3.8, 4) is 11.3 Å². The average molecular weight is 485 g/mol. The van der Waals surface area contributed by atoms with E-state index in [1.54, 1.807) is 35.2 Å². The molecule has 0 N–H and O–H groups in total. The summed E-state index contributed by atoms with van der Waals surface area (Å²) in [4.78, 5) is 36.8. The van der Waals surface area contributed by atoms with Crippen LogP contribution in [-0.2, 0) is 17.9 Å². The minimum atomic E-state index is -0.316. The maximum atomic E-state index is 13.4. The number of aryl methyl sites for hydroxylation is 1. The number of aromatic nitrogens is 3. The third-order valence-electron chi connectivity index (χ3n) is 5.65. The van der Waals surface area contributed by atoms with Gasteiger partial charge in [-0.05, 0) is 42.0 Å². The van der Waals surface area contributed by atoms with Crippen LogP contribution in [0, 0.1) is 5.82 Å². The summed E-state index contributed by atoms with van der Waals surface area (Å²) in [7, 11) is 0. The molecular weight excluding hydrogens is 463 g/mol. The Bertz CT molecular complexity index is 1530.